The third kappa shape index (κ3) is 3.13. The van der Waals surface area contributed by atoms with E-state index in [2.05, 4.69) is 31.9 Å². The third-order valence-corrected chi connectivity index (χ3v) is 3.67. The highest BCUT2D eigenvalue weighted by Crippen LogP contribution is 2.34. The van der Waals surface area contributed by atoms with E-state index < -0.39 is 0 Å². The van der Waals surface area contributed by atoms with Crippen LogP contribution in [0.2, 0.25) is 0 Å². The van der Waals surface area contributed by atoms with E-state index in [1.807, 2.05) is 49.4 Å². The van der Waals surface area contributed by atoms with E-state index >= 15 is 0 Å². The van der Waals surface area contributed by atoms with Gasteiger partial charge in [-0.1, -0.05) is 28.1 Å². The van der Waals surface area contributed by atoms with Crippen molar-refractivity contribution in [2.24, 2.45) is 5.73 Å². The molecule has 0 saturated carbocycles. The Morgan fingerprint density at radius 1 is 1.06 bits per heavy atom. The van der Waals surface area contributed by atoms with E-state index in [9.17, 15) is 0 Å². The molecule has 0 aliphatic carbocycles. The van der Waals surface area contributed by atoms with Crippen LogP contribution in [0.3, 0.4) is 0 Å². The molecule has 18 heavy (non-hydrogen) atoms. The molecule has 2 rings (SSSR count). The van der Waals surface area contributed by atoms with Gasteiger partial charge in [0, 0.05) is 16.1 Å². The van der Waals surface area contributed by atoms with Gasteiger partial charge in [-0.2, -0.15) is 0 Å². The summed E-state index contributed by atoms with van der Waals surface area (Å²) in [6.07, 6.45) is 0. The van der Waals surface area contributed by atoms with Gasteiger partial charge in [0.05, 0.1) is 4.47 Å². The summed E-state index contributed by atoms with van der Waals surface area (Å²) in [5, 5.41) is 0. The van der Waals surface area contributed by atoms with Crippen LogP contribution in [0.4, 0.5) is 0 Å². The highest BCUT2D eigenvalue weighted by molar-refractivity contribution is 9.10. The van der Waals surface area contributed by atoms with Crippen molar-refractivity contribution in [3.8, 4) is 11.5 Å². The number of hydrogen-bond acceptors (Lipinski definition) is 2. The number of hydrogen-bond donors (Lipinski definition) is 1. The summed E-state index contributed by atoms with van der Waals surface area (Å²) in [5.41, 5.74) is 6.93. The molecule has 4 heteroatoms. The topological polar surface area (TPSA) is 35.2 Å². The summed E-state index contributed by atoms with van der Waals surface area (Å²) in [4.78, 5) is 0. The molecule has 2 aromatic carbocycles. The van der Waals surface area contributed by atoms with Crippen LogP contribution in [0.5, 0.6) is 11.5 Å². The molecule has 0 fully saturated rings. The molecular weight excluding hydrogens is 358 g/mol. The van der Waals surface area contributed by atoms with Crippen molar-refractivity contribution in [1.82, 2.24) is 0 Å². The molecular formula is C14H13Br2NO. The van der Waals surface area contributed by atoms with Crippen LogP contribution >= 0.6 is 31.9 Å². The van der Waals surface area contributed by atoms with Crippen molar-refractivity contribution in [2.75, 3.05) is 0 Å². The molecule has 0 spiro atoms. The van der Waals surface area contributed by atoms with Gasteiger partial charge in [0.25, 0.3) is 0 Å². The Hall–Kier alpha value is -0.840. The molecule has 0 aliphatic heterocycles. The lowest BCUT2D eigenvalue weighted by atomic mass is 10.1. The van der Waals surface area contributed by atoms with Gasteiger partial charge in [-0.3, -0.25) is 0 Å². The predicted octanol–water partition coefficient (Wildman–Crippen LogP) is 5.02. The summed E-state index contributed by atoms with van der Waals surface area (Å²) in [6.45, 7) is 1.94. The minimum Gasteiger partial charge on any atom is -0.456 e. The van der Waals surface area contributed by atoms with Gasteiger partial charge in [-0.25, -0.2) is 0 Å². The van der Waals surface area contributed by atoms with E-state index in [0.717, 1.165) is 26.0 Å². The van der Waals surface area contributed by atoms with Gasteiger partial charge < -0.3 is 10.5 Å². The fourth-order valence-electron chi connectivity index (χ4n) is 1.61. The van der Waals surface area contributed by atoms with Crippen LogP contribution in [0, 0.1) is 0 Å². The molecule has 0 saturated heterocycles. The quantitative estimate of drug-likeness (QED) is 0.822. The molecule has 0 aliphatic rings. The Labute approximate surface area is 123 Å². The first-order chi connectivity index (χ1) is 8.58. The molecule has 0 bridgehead atoms. The summed E-state index contributed by atoms with van der Waals surface area (Å²) in [6, 6.07) is 13.5. The second-order valence-corrected chi connectivity index (χ2v) is 5.77. The van der Waals surface area contributed by atoms with Crippen LogP contribution < -0.4 is 10.5 Å². The SMILES string of the molecule is CC(N)c1cc(Br)ccc1Oc1ccccc1Br. The highest BCUT2D eigenvalue weighted by atomic mass is 79.9. The number of nitrogens with two attached hydrogens (primary N) is 1. The summed E-state index contributed by atoms with van der Waals surface area (Å²) in [7, 11) is 0. The zero-order valence-electron chi connectivity index (χ0n) is 9.86. The number of benzene rings is 2. The van der Waals surface area contributed by atoms with Gasteiger partial charge in [0.15, 0.2) is 0 Å². The van der Waals surface area contributed by atoms with Gasteiger partial charge >= 0.3 is 0 Å². The molecule has 0 amide bonds. The van der Waals surface area contributed by atoms with Crippen LogP contribution in [-0.4, -0.2) is 0 Å². The second kappa shape index (κ2) is 5.87. The summed E-state index contributed by atoms with van der Waals surface area (Å²) >= 11 is 6.91. The first kappa shape index (κ1) is 13.6. The Balaban J connectivity index is 2.37. The molecule has 0 aromatic heterocycles. The largest absolute Gasteiger partial charge is 0.456 e. The average molecular weight is 371 g/mol. The fourth-order valence-corrected chi connectivity index (χ4v) is 2.36. The molecule has 0 heterocycles. The Bertz CT molecular complexity index is 555. The maximum absolute atomic E-state index is 5.96. The van der Waals surface area contributed by atoms with Gasteiger partial charge in [0.1, 0.15) is 11.5 Å². The van der Waals surface area contributed by atoms with Crippen LogP contribution in [0.1, 0.15) is 18.5 Å². The molecule has 2 aromatic rings. The van der Waals surface area contributed by atoms with E-state index in [4.69, 9.17) is 10.5 Å². The Kier molecular flexibility index (Phi) is 4.43. The molecule has 0 radical (unpaired) electrons. The average Bonchev–Trinajstić information content (AvgIpc) is 2.34. The van der Waals surface area contributed by atoms with E-state index in [1.54, 1.807) is 0 Å². The number of para-hydroxylation sites is 1. The predicted molar refractivity (Wildman–Crippen MR) is 81.0 cm³/mol. The fraction of sp³-hybridized carbons (Fsp3) is 0.143. The summed E-state index contributed by atoms with van der Waals surface area (Å²) < 4.78 is 7.82. The van der Waals surface area contributed by atoms with Crippen molar-refractivity contribution < 1.29 is 4.74 Å². The van der Waals surface area contributed by atoms with Crippen LogP contribution in [0.25, 0.3) is 0 Å². The van der Waals surface area contributed by atoms with E-state index in [0.29, 0.717) is 0 Å². The maximum Gasteiger partial charge on any atom is 0.141 e. The lowest BCUT2D eigenvalue weighted by Gasteiger charge is -2.15. The van der Waals surface area contributed by atoms with E-state index in [-0.39, 0.29) is 6.04 Å². The molecule has 94 valence electrons. The molecule has 2 nitrogen and oxygen atoms in total. The monoisotopic (exact) mass is 369 g/mol. The lowest BCUT2D eigenvalue weighted by molar-refractivity contribution is 0.469. The minimum absolute atomic E-state index is 0.0833. The Morgan fingerprint density at radius 2 is 1.78 bits per heavy atom. The van der Waals surface area contributed by atoms with Crippen molar-refractivity contribution in [2.45, 2.75) is 13.0 Å². The van der Waals surface area contributed by atoms with Crippen molar-refractivity contribution in [1.29, 1.82) is 0 Å². The van der Waals surface area contributed by atoms with Crippen LogP contribution in [0.15, 0.2) is 51.4 Å². The second-order valence-electron chi connectivity index (χ2n) is 4.00. The maximum atomic E-state index is 5.96. The standard InChI is InChI=1S/C14H13Br2NO/c1-9(17)11-8-10(15)6-7-13(11)18-14-5-3-2-4-12(14)16/h2-9H,17H2,1H3. The molecule has 1 unspecified atom stereocenters. The van der Waals surface area contributed by atoms with Crippen LogP contribution in [-0.2, 0) is 0 Å². The first-order valence-electron chi connectivity index (χ1n) is 5.55. The Morgan fingerprint density at radius 3 is 2.44 bits per heavy atom. The van der Waals surface area contributed by atoms with Crippen molar-refractivity contribution in [3.63, 3.8) is 0 Å². The highest BCUT2D eigenvalue weighted by Gasteiger charge is 2.10. The van der Waals surface area contributed by atoms with E-state index in [1.165, 1.54) is 0 Å². The minimum atomic E-state index is -0.0833. The summed E-state index contributed by atoms with van der Waals surface area (Å²) in [5.74, 6) is 1.56. The van der Waals surface area contributed by atoms with Crippen molar-refractivity contribution >= 4 is 31.9 Å². The normalized spacial score (nSPS) is 12.2. The first-order valence-corrected chi connectivity index (χ1v) is 7.14. The van der Waals surface area contributed by atoms with Gasteiger partial charge in [0.2, 0.25) is 0 Å². The lowest BCUT2D eigenvalue weighted by Crippen LogP contribution is -2.06. The number of rotatable bonds is 3. The van der Waals surface area contributed by atoms with Gasteiger partial charge in [-0.15, -0.1) is 0 Å². The molecule has 1 atom stereocenters. The third-order valence-electron chi connectivity index (χ3n) is 2.52. The van der Waals surface area contributed by atoms with Gasteiger partial charge in [-0.05, 0) is 53.2 Å². The number of ether oxygens (including phenoxy) is 1. The number of halogens is 2. The molecule has 2 N–H and O–H groups in total. The zero-order valence-corrected chi connectivity index (χ0v) is 13.0. The van der Waals surface area contributed by atoms with Crippen molar-refractivity contribution in [3.05, 3.63) is 57.0 Å². The zero-order chi connectivity index (χ0) is 13.1. The smallest absolute Gasteiger partial charge is 0.141 e.